The second-order valence-electron chi connectivity index (χ2n) is 6.97. The molecule has 0 atom stereocenters. The first-order valence-electron chi connectivity index (χ1n) is 9.89. The van der Waals surface area contributed by atoms with Gasteiger partial charge in [0.25, 0.3) is 0 Å². The number of amides is 1. The van der Waals surface area contributed by atoms with E-state index in [2.05, 4.69) is 0 Å². The van der Waals surface area contributed by atoms with Crippen LogP contribution in [0.4, 0.5) is 10.5 Å². The molecule has 0 bridgehead atoms. The molecule has 0 saturated heterocycles. The molecule has 3 aromatic rings. The zero-order valence-electron chi connectivity index (χ0n) is 17.5. The first-order chi connectivity index (χ1) is 14.5. The maximum absolute atomic E-state index is 14.3. The van der Waals surface area contributed by atoms with Crippen molar-refractivity contribution in [2.75, 3.05) is 11.5 Å². The van der Waals surface area contributed by atoms with Crippen LogP contribution in [0, 0.1) is 6.92 Å². The van der Waals surface area contributed by atoms with E-state index in [4.69, 9.17) is 4.74 Å². The Balaban J connectivity index is 2.15. The van der Waals surface area contributed by atoms with E-state index < -0.39 is 13.2 Å². The third kappa shape index (κ3) is 4.72. The van der Waals surface area contributed by atoms with Crippen LogP contribution in [0.15, 0.2) is 96.4 Å². The molecule has 4 nitrogen and oxygen atoms in total. The SMILES string of the molecule is CCOC(=O)N(/C(C)=C/P(=O)(c1ccccc1)c1ccccc1)c1ccc(C)cc1. The number of nitrogens with zero attached hydrogens (tertiary/aromatic N) is 1. The summed E-state index contributed by atoms with van der Waals surface area (Å²) in [4.78, 5) is 14.3. The molecule has 5 heteroatoms. The van der Waals surface area contributed by atoms with E-state index in [1.807, 2.05) is 91.9 Å². The van der Waals surface area contributed by atoms with Crippen LogP contribution >= 0.6 is 7.14 Å². The largest absolute Gasteiger partial charge is 0.449 e. The number of carbonyl (C=O) groups excluding carboxylic acids is 1. The standard InChI is InChI=1S/C25H26NO3P/c1-4-29-25(27)26(22-17-15-20(2)16-18-22)21(3)19-30(28,23-11-7-5-8-12-23)24-13-9-6-10-14-24/h5-19H,4H2,1-3H3/b21-19+. The highest BCUT2D eigenvalue weighted by Crippen LogP contribution is 2.46. The van der Waals surface area contributed by atoms with Crippen LogP contribution in [0.25, 0.3) is 0 Å². The average molecular weight is 419 g/mol. The van der Waals surface area contributed by atoms with Crippen LogP contribution < -0.4 is 15.5 Å². The summed E-state index contributed by atoms with van der Waals surface area (Å²) in [5, 5.41) is 1.42. The Hall–Kier alpha value is -3.10. The smallest absolute Gasteiger partial charge is 0.418 e. The van der Waals surface area contributed by atoms with Gasteiger partial charge in [-0.15, -0.1) is 0 Å². The van der Waals surface area contributed by atoms with Crippen molar-refractivity contribution >= 4 is 29.5 Å². The Morgan fingerprint density at radius 3 is 1.87 bits per heavy atom. The second kappa shape index (κ2) is 9.60. The maximum atomic E-state index is 14.3. The summed E-state index contributed by atoms with van der Waals surface area (Å²) in [6, 6.07) is 26.3. The zero-order chi connectivity index (χ0) is 21.6. The molecule has 0 fully saturated rings. The molecule has 0 radical (unpaired) electrons. The van der Waals surface area contributed by atoms with Gasteiger partial charge in [0.1, 0.15) is 0 Å². The van der Waals surface area contributed by atoms with E-state index in [-0.39, 0.29) is 6.61 Å². The highest BCUT2D eigenvalue weighted by Gasteiger charge is 2.28. The predicted octanol–water partition coefficient (Wildman–Crippen LogP) is 5.83. The van der Waals surface area contributed by atoms with Crippen molar-refractivity contribution in [2.24, 2.45) is 0 Å². The van der Waals surface area contributed by atoms with Crippen LogP contribution in [0.3, 0.4) is 0 Å². The van der Waals surface area contributed by atoms with Gasteiger partial charge in [-0.25, -0.2) is 4.79 Å². The molecule has 0 N–H and O–H groups in total. The van der Waals surface area contributed by atoms with Crippen molar-refractivity contribution in [3.05, 3.63) is 102 Å². The number of anilines is 1. The van der Waals surface area contributed by atoms with Gasteiger partial charge in [-0.1, -0.05) is 78.4 Å². The lowest BCUT2D eigenvalue weighted by Crippen LogP contribution is -2.30. The van der Waals surface area contributed by atoms with Gasteiger partial charge in [0.15, 0.2) is 7.14 Å². The van der Waals surface area contributed by atoms with Crippen molar-refractivity contribution < 1.29 is 14.1 Å². The summed E-state index contributed by atoms with van der Waals surface area (Å²) in [6.45, 7) is 5.79. The lowest BCUT2D eigenvalue weighted by atomic mass is 10.2. The lowest BCUT2D eigenvalue weighted by molar-refractivity contribution is 0.161. The minimum absolute atomic E-state index is 0.253. The molecular weight excluding hydrogens is 393 g/mol. The molecule has 0 aliphatic carbocycles. The minimum Gasteiger partial charge on any atom is -0.449 e. The van der Waals surface area contributed by atoms with E-state index >= 15 is 0 Å². The number of hydrogen-bond donors (Lipinski definition) is 0. The number of ether oxygens (including phenoxy) is 1. The fourth-order valence-corrected chi connectivity index (χ4v) is 5.72. The number of hydrogen-bond acceptors (Lipinski definition) is 3. The maximum Gasteiger partial charge on any atom is 0.418 e. The van der Waals surface area contributed by atoms with Crippen LogP contribution in [0.5, 0.6) is 0 Å². The van der Waals surface area contributed by atoms with Gasteiger partial charge in [0.05, 0.1) is 12.3 Å². The molecular formula is C25H26NO3P. The lowest BCUT2D eigenvalue weighted by Gasteiger charge is -2.25. The summed E-state index contributed by atoms with van der Waals surface area (Å²) in [6.07, 6.45) is -0.497. The number of allylic oxidation sites excluding steroid dienone is 1. The van der Waals surface area contributed by atoms with Crippen LogP contribution in [-0.4, -0.2) is 12.7 Å². The summed E-state index contributed by atoms with van der Waals surface area (Å²) in [7, 11) is -3.13. The number of benzene rings is 3. The van der Waals surface area contributed by atoms with Crippen molar-refractivity contribution in [3.63, 3.8) is 0 Å². The molecule has 0 heterocycles. The number of rotatable bonds is 6. The molecule has 3 rings (SSSR count). The van der Waals surface area contributed by atoms with Crippen molar-refractivity contribution in [2.45, 2.75) is 20.8 Å². The van der Waals surface area contributed by atoms with Gasteiger partial charge < -0.3 is 9.30 Å². The Morgan fingerprint density at radius 2 is 1.40 bits per heavy atom. The normalized spacial score (nSPS) is 11.8. The Bertz CT molecular complexity index is 1020. The number of aryl methyl sites for hydroxylation is 1. The van der Waals surface area contributed by atoms with E-state index in [1.54, 1.807) is 19.7 Å². The predicted molar refractivity (Wildman–Crippen MR) is 124 cm³/mol. The zero-order valence-corrected chi connectivity index (χ0v) is 18.4. The van der Waals surface area contributed by atoms with Gasteiger partial charge in [0, 0.05) is 22.1 Å². The Kier molecular flexibility index (Phi) is 6.91. The van der Waals surface area contributed by atoms with Gasteiger partial charge in [-0.3, -0.25) is 4.90 Å². The van der Waals surface area contributed by atoms with Crippen LogP contribution in [0.2, 0.25) is 0 Å². The highest BCUT2D eigenvalue weighted by atomic mass is 31.2. The first kappa shape index (κ1) is 21.6. The van der Waals surface area contributed by atoms with E-state index in [0.29, 0.717) is 22.0 Å². The molecule has 0 aromatic heterocycles. The summed E-state index contributed by atoms with van der Waals surface area (Å²) < 4.78 is 19.6. The first-order valence-corrected chi connectivity index (χ1v) is 11.7. The summed E-state index contributed by atoms with van der Waals surface area (Å²) in [5.41, 5.74) is 2.30. The topological polar surface area (TPSA) is 46.6 Å². The van der Waals surface area contributed by atoms with Gasteiger partial charge in [-0.05, 0) is 32.9 Å². The average Bonchev–Trinajstić information content (AvgIpc) is 2.76. The van der Waals surface area contributed by atoms with Crippen molar-refractivity contribution in [3.8, 4) is 0 Å². The van der Waals surface area contributed by atoms with Crippen molar-refractivity contribution in [1.29, 1.82) is 0 Å². The second-order valence-corrected chi connectivity index (χ2v) is 9.58. The van der Waals surface area contributed by atoms with E-state index in [0.717, 1.165) is 5.56 Å². The molecule has 0 aliphatic rings. The molecule has 0 saturated carbocycles. The Morgan fingerprint density at radius 1 is 0.900 bits per heavy atom. The molecule has 0 aliphatic heterocycles. The third-order valence-electron chi connectivity index (χ3n) is 4.74. The molecule has 154 valence electrons. The van der Waals surface area contributed by atoms with Crippen LogP contribution in [0.1, 0.15) is 19.4 Å². The Labute approximate surface area is 178 Å². The number of carbonyl (C=O) groups is 1. The minimum atomic E-state index is -3.13. The van der Waals surface area contributed by atoms with Gasteiger partial charge in [-0.2, -0.15) is 0 Å². The van der Waals surface area contributed by atoms with E-state index in [1.165, 1.54) is 4.90 Å². The third-order valence-corrected chi connectivity index (χ3v) is 7.61. The van der Waals surface area contributed by atoms with Gasteiger partial charge >= 0.3 is 6.09 Å². The summed E-state index contributed by atoms with van der Waals surface area (Å²) in [5.74, 6) is 1.70. The molecule has 3 aromatic carbocycles. The van der Waals surface area contributed by atoms with Crippen molar-refractivity contribution in [1.82, 2.24) is 0 Å². The molecule has 0 unspecified atom stereocenters. The highest BCUT2D eigenvalue weighted by molar-refractivity contribution is 7.81. The van der Waals surface area contributed by atoms with Crippen LogP contribution in [-0.2, 0) is 9.30 Å². The molecule has 30 heavy (non-hydrogen) atoms. The summed E-state index contributed by atoms with van der Waals surface area (Å²) >= 11 is 0. The monoisotopic (exact) mass is 419 g/mol. The fraction of sp³-hybridized carbons (Fsp3) is 0.160. The quantitative estimate of drug-likeness (QED) is 0.472. The van der Waals surface area contributed by atoms with Gasteiger partial charge in [0.2, 0.25) is 0 Å². The molecule has 1 amide bonds. The van der Waals surface area contributed by atoms with E-state index in [9.17, 15) is 9.36 Å². The molecule has 0 spiro atoms. The fourth-order valence-electron chi connectivity index (χ4n) is 3.25.